The third kappa shape index (κ3) is 5.98. The lowest BCUT2D eigenvalue weighted by atomic mass is 10.2. The van der Waals surface area contributed by atoms with Crippen molar-refractivity contribution in [2.75, 3.05) is 13.2 Å². The van der Waals surface area contributed by atoms with Gasteiger partial charge in [0.05, 0.1) is 16.5 Å². The molecule has 0 aromatic heterocycles. The summed E-state index contributed by atoms with van der Waals surface area (Å²) in [6.45, 7) is 2.59. The van der Waals surface area contributed by atoms with Gasteiger partial charge in [0.2, 0.25) is 0 Å². The molecule has 0 aliphatic carbocycles. The highest BCUT2D eigenvalue weighted by Gasteiger charge is 2.34. The highest BCUT2D eigenvalue weighted by Crippen LogP contribution is 2.34. The van der Waals surface area contributed by atoms with Crippen LogP contribution < -0.4 is 9.47 Å². The number of aryl methyl sites for hydroxylation is 1. The molecule has 0 unspecified atom stereocenters. The van der Waals surface area contributed by atoms with E-state index < -0.39 is 0 Å². The van der Waals surface area contributed by atoms with Gasteiger partial charge in [-0.1, -0.05) is 47.5 Å². The van der Waals surface area contributed by atoms with Crippen molar-refractivity contribution in [3.8, 4) is 11.5 Å². The van der Waals surface area contributed by atoms with Gasteiger partial charge >= 0.3 is 0 Å². The van der Waals surface area contributed by atoms with Crippen LogP contribution in [0.2, 0.25) is 5.02 Å². The first-order valence-corrected chi connectivity index (χ1v) is 11.7. The molecule has 0 bridgehead atoms. The van der Waals surface area contributed by atoms with Crippen molar-refractivity contribution in [3.63, 3.8) is 0 Å². The molecule has 0 N–H and O–H groups in total. The maximum Gasteiger partial charge on any atom is 0.293 e. The first-order valence-electron chi connectivity index (χ1n) is 10.5. The molecule has 0 radical (unpaired) electrons. The molecule has 5 nitrogen and oxygen atoms in total. The summed E-state index contributed by atoms with van der Waals surface area (Å²) in [6.07, 6.45) is 1.63. The number of hydrogen-bond acceptors (Lipinski definition) is 5. The second kappa shape index (κ2) is 10.8. The molecule has 1 fully saturated rings. The number of imide groups is 1. The quantitative estimate of drug-likeness (QED) is 0.333. The molecule has 3 aromatic carbocycles. The van der Waals surface area contributed by atoms with E-state index in [2.05, 4.69) is 0 Å². The molecule has 1 aliphatic heterocycles. The number of ether oxygens (including phenoxy) is 2. The van der Waals surface area contributed by atoms with Gasteiger partial charge in [0, 0.05) is 0 Å². The first kappa shape index (κ1) is 23.9. The Morgan fingerprint density at radius 3 is 2.44 bits per heavy atom. The van der Waals surface area contributed by atoms with Crippen LogP contribution in [-0.2, 0) is 11.4 Å². The summed E-state index contributed by atoms with van der Waals surface area (Å²) in [4.78, 5) is 26.5. The molecule has 0 saturated carbocycles. The zero-order valence-corrected chi connectivity index (χ0v) is 19.9. The third-order valence-corrected chi connectivity index (χ3v) is 6.24. The van der Waals surface area contributed by atoms with Gasteiger partial charge in [0.15, 0.2) is 0 Å². The predicted molar refractivity (Wildman–Crippen MR) is 132 cm³/mol. The molecule has 2 amide bonds. The molecule has 0 atom stereocenters. The summed E-state index contributed by atoms with van der Waals surface area (Å²) in [5, 5.41) is 0.0238. The van der Waals surface area contributed by atoms with Crippen molar-refractivity contribution in [1.82, 2.24) is 4.90 Å². The van der Waals surface area contributed by atoms with E-state index in [1.807, 2.05) is 31.2 Å². The van der Waals surface area contributed by atoms with E-state index in [1.165, 1.54) is 17.0 Å². The monoisotopic (exact) mass is 497 g/mol. The van der Waals surface area contributed by atoms with E-state index in [0.29, 0.717) is 27.0 Å². The minimum absolute atomic E-state index is 0.160. The number of halogens is 2. The Hall–Kier alpha value is -3.29. The van der Waals surface area contributed by atoms with E-state index in [1.54, 1.807) is 36.4 Å². The van der Waals surface area contributed by atoms with Crippen LogP contribution in [0.5, 0.6) is 11.5 Å². The van der Waals surface area contributed by atoms with E-state index in [4.69, 9.17) is 21.1 Å². The minimum atomic E-state index is -0.365. The van der Waals surface area contributed by atoms with E-state index in [0.717, 1.165) is 22.9 Å². The Labute approximate surface area is 206 Å². The zero-order valence-electron chi connectivity index (χ0n) is 18.3. The maximum absolute atomic E-state index is 13.0. The highest BCUT2D eigenvalue weighted by atomic mass is 35.5. The molecule has 4 rings (SSSR count). The molecule has 1 saturated heterocycles. The average Bonchev–Trinajstić information content (AvgIpc) is 3.08. The van der Waals surface area contributed by atoms with Gasteiger partial charge in [0.25, 0.3) is 11.1 Å². The van der Waals surface area contributed by atoms with Gasteiger partial charge in [-0.25, -0.2) is 4.39 Å². The van der Waals surface area contributed by atoms with Gasteiger partial charge in [-0.15, -0.1) is 0 Å². The molecule has 8 heteroatoms. The van der Waals surface area contributed by atoms with Crippen molar-refractivity contribution < 1.29 is 23.5 Å². The lowest BCUT2D eigenvalue weighted by Crippen LogP contribution is -2.32. The summed E-state index contributed by atoms with van der Waals surface area (Å²) in [5.41, 5.74) is 2.60. The van der Waals surface area contributed by atoms with Crippen molar-refractivity contribution in [2.24, 2.45) is 0 Å². The van der Waals surface area contributed by atoms with Crippen molar-refractivity contribution in [1.29, 1.82) is 0 Å². The molecule has 174 valence electrons. The Morgan fingerprint density at radius 2 is 1.74 bits per heavy atom. The van der Waals surface area contributed by atoms with Crippen LogP contribution in [0.4, 0.5) is 9.18 Å². The normalized spacial score (nSPS) is 14.7. The molecular weight excluding hydrogens is 477 g/mol. The summed E-state index contributed by atoms with van der Waals surface area (Å²) in [7, 11) is 0. The van der Waals surface area contributed by atoms with Crippen molar-refractivity contribution in [3.05, 3.63) is 99.2 Å². The summed E-state index contributed by atoms with van der Waals surface area (Å²) in [6, 6.07) is 18.7. The van der Waals surface area contributed by atoms with Gasteiger partial charge in [-0.3, -0.25) is 14.5 Å². The third-order valence-electron chi connectivity index (χ3n) is 5.04. The smallest absolute Gasteiger partial charge is 0.293 e. The molecule has 3 aromatic rings. The van der Waals surface area contributed by atoms with Crippen LogP contribution in [0.15, 0.2) is 71.6 Å². The number of carbonyl (C=O) groups excluding carboxylic acids is 2. The Kier molecular flexibility index (Phi) is 7.55. The van der Waals surface area contributed by atoms with E-state index in [9.17, 15) is 14.0 Å². The summed E-state index contributed by atoms with van der Waals surface area (Å²) < 4.78 is 24.4. The van der Waals surface area contributed by atoms with E-state index >= 15 is 0 Å². The fraction of sp³-hybridized carbons (Fsp3) is 0.154. The number of amides is 2. The van der Waals surface area contributed by atoms with E-state index in [-0.39, 0.29) is 36.7 Å². The van der Waals surface area contributed by atoms with Gasteiger partial charge in [-0.05, 0) is 72.3 Å². The molecule has 1 heterocycles. The number of hydrogen-bond donors (Lipinski definition) is 0. The Balaban J connectivity index is 1.35. The lowest BCUT2D eigenvalue weighted by molar-refractivity contribution is -0.123. The van der Waals surface area contributed by atoms with Crippen LogP contribution in [0.25, 0.3) is 6.08 Å². The van der Waals surface area contributed by atoms with Gasteiger partial charge in [-0.2, -0.15) is 0 Å². The van der Waals surface area contributed by atoms with Crippen LogP contribution in [0.1, 0.15) is 16.7 Å². The number of thioether (sulfide) groups is 1. The van der Waals surface area contributed by atoms with Crippen LogP contribution >= 0.6 is 23.4 Å². The number of rotatable bonds is 8. The Morgan fingerprint density at radius 1 is 1.00 bits per heavy atom. The Bertz CT molecular complexity index is 1230. The highest BCUT2D eigenvalue weighted by molar-refractivity contribution is 8.18. The minimum Gasteiger partial charge on any atom is -0.492 e. The number of nitrogens with zero attached hydrogens (tertiary/aromatic N) is 1. The van der Waals surface area contributed by atoms with Crippen LogP contribution in [0, 0.1) is 12.7 Å². The topological polar surface area (TPSA) is 55.8 Å². The summed E-state index contributed by atoms with van der Waals surface area (Å²) >= 11 is 7.22. The standard InChI is InChI=1S/C26H21ClFNO4S/c1-17-2-9-21(10-3-17)32-13-12-29-25(30)24(34-26(29)31)15-19-6-11-23(22(27)14-19)33-16-18-4-7-20(28)8-5-18/h2-11,14-15H,12-13,16H2,1H3/b24-15-. The van der Waals surface area contributed by atoms with Crippen molar-refractivity contribution in [2.45, 2.75) is 13.5 Å². The second-order valence-electron chi connectivity index (χ2n) is 7.60. The van der Waals surface area contributed by atoms with Crippen molar-refractivity contribution >= 4 is 40.6 Å². The first-order chi connectivity index (χ1) is 16.4. The fourth-order valence-corrected chi connectivity index (χ4v) is 4.31. The lowest BCUT2D eigenvalue weighted by Gasteiger charge is -2.13. The summed E-state index contributed by atoms with van der Waals surface area (Å²) in [5.74, 6) is 0.471. The molecule has 34 heavy (non-hydrogen) atoms. The number of carbonyl (C=O) groups is 2. The second-order valence-corrected chi connectivity index (χ2v) is 9.00. The average molecular weight is 498 g/mol. The van der Waals surface area contributed by atoms with Crippen LogP contribution in [-0.4, -0.2) is 29.2 Å². The molecule has 0 spiro atoms. The van der Waals surface area contributed by atoms with Gasteiger partial charge in [0.1, 0.15) is 30.5 Å². The number of benzene rings is 3. The molecule has 1 aliphatic rings. The van der Waals surface area contributed by atoms with Gasteiger partial charge < -0.3 is 9.47 Å². The predicted octanol–water partition coefficient (Wildman–Crippen LogP) is 6.48. The fourth-order valence-electron chi connectivity index (χ4n) is 3.20. The largest absolute Gasteiger partial charge is 0.492 e. The SMILES string of the molecule is Cc1ccc(OCCN2C(=O)S/C(=C\c3ccc(OCc4ccc(F)cc4)c(Cl)c3)C2=O)cc1. The molecular formula is C26H21ClFNO4S. The zero-order chi connectivity index (χ0) is 24.1. The van der Waals surface area contributed by atoms with Crippen LogP contribution in [0.3, 0.4) is 0 Å². The maximum atomic E-state index is 13.0.